The molecule has 0 aliphatic heterocycles. The number of aliphatic hydroxyl groups is 1. The van der Waals surface area contributed by atoms with Gasteiger partial charge in [-0.1, -0.05) is 48.5 Å². The lowest BCUT2D eigenvalue weighted by Gasteiger charge is -2.14. The van der Waals surface area contributed by atoms with Crippen molar-refractivity contribution in [2.75, 3.05) is 6.61 Å². The van der Waals surface area contributed by atoms with E-state index < -0.39 is 0 Å². The molecule has 2 aromatic rings. The third-order valence-electron chi connectivity index (χ3n) is 5.48. The van der Waals surface area contributed by atoms with Crippen LogP contribution in [0.5, 0.6) is 0 Å². The van der Waals surface area contributed by atoms with Crippen LogP contribution in [-0.2, 0) is 5.41 Å². The van der Waals surface area contributed by atoms with Gasteiger partial charge in [-0.25, -0.2) is 0 Å². The molecule has 0 unspecified atom stereocenters. The topological polar surface area (TPSA) is 20.2 Å². The van der Waals surface area contributed by atoms with Crippen molar-refractivity contribution in [3.05, 3.63) is 70.8 Å². The van der Waals surface area contributed by atoms with Crippen LogP contribution in [0.15, 0.2) is 48.5 Å². The van der Waals surface area contributed by atoms with Gasteiger partial charge >= 0.3 is 0 Å². The minimum absolute atomic E-state index is 0.0512. The largest absolute Gasteiger partial charge is 0.395 e. The normalized spacial score (nSPS) is 37.1. The second kappa shape index (κ2) is 2.70. The minimum atomic E-state index is 0.0512. The second-order valence-electron chi connectivity index (χ2n) is 5.90. The fourth-order valence-electron chi connectivity index (χ4n) is 4.89. The molecule has 1 N–H and O–H groups in total. The van der Waals surface area contributed by atoms with Crippen molar-refractivity contribution >= 4 is 0 Å². The van der Waals surface area contributed by atoms with E-state index in [1.54, 1.807) is 0 Å². The highest BCUT2D eigenvalue weighted by atomic mass is 16.3. The van der Waals surface area contributed by atoms with Gasteiger partial charge in [0.05, 0.1) is 6.61 Å². The van der Waals surface area contributed by atoms with Crippen molar-refractivity contribution in [3.63, 3.8) is 0 Å². The molecule has 1 nitrogen and oxygen atoms in total. The first-order chi connectivity index (χ1) is 8.89. The van der Waals surface area contributed by atoms with Crippen molar-refractivity contribution in [1.29, 1.82) is 0 Å². The summed E-state index contributed by atoms with van der Waals surface area (Å²) in [6, 6.07) is 17.5. The minimum Gasteiger partial charge on any atom is -0.395 e. The van der Waals surface area contributed by atoms with Gasteiger partial charge in [-0.2, -0.15) is 0 Å². The molecule has 0 amide bonds. The fourth-order valence-corrected chi connectivity index (χ4v) is 4.89. The van der Waals surface area contributed by atoms with Crippen molar-refractivity contribution in [2.24, 2.45) is 5.92 Å². The SMILES string of the molecule is OC[C@]12c3ccccc3[C@@H]3c4ccccc4[C@@H]1[C@H]32. The van der Waals surface area contributed by atoms with E-state index in [1.807, 2.05) is 0 Å². The van der Waals surface area contributed by atoms with Gasteiger partial charge in [-0.05, 0) is 28.2 Å². The van der Waals surface area contributed by atoms with E-state index in [1.165, 1.54) is 22.3 Å². The molecule has 4 atom stereocenters. The predicted molar refractivity (Wildman–Crippen MR) is 69.7 cm³/mol. The molecule has 0 saturated heterocycles. The summed E-state index contributed by atoms with van der Waals surface area (Å²) in [5, 5.41) is 9.96. The van der Waals surface area contributed by atoms with Crippen LogP contribution in [0.3, 0.4) is 0 Å². The zero-order valence-electron chi connectivity index (χ0n) is 10.0. The van der Waals surface area contributed by atoms with Gasteiger partial charge in [0.25, 0.3) is 0 Å². The van der Waals surface area contributed by atoms with Crippen LogP contribution in [-0.4, -0.2) is 11.7 Å². The van der Waals surface area contributed by atoms with Crippen molar-refractivity contribution in [1.82, 2.24) is 0 Å². The van der Waals surface area contributed by atoms with Gasteiger partial charge < -0.3 is 5.11 Å². The molecule has 5 rings (SSSR count). The van der Waals surface area contributed by atoms with E-state index in [4.69, 9.17) is 0 Å². The summed E-state index contributed by atoms with van der Waals surface area (Å²) in [6.07, 6.45) is 0. The fraction of sp³-hybridized carbons (Fsp3) is 0.294. The Kier molecular flexibility index (Phi) is 1.40. The molecule has 0 radical (unpaired) electrons. The van der Waals surface area contributed by atoms with E-state index in [0.29, 0.717) is 24.4 Å². The maximum atomic E-state index is 9.96. The summed E-state index contributed by atoms with van der Waals surface area (Å²) in [7, 11) is 0. The van der Waals surface area contributed by atoms with Crippen LogP contribution in [0.1, 0.15) is 34.1 Å². The lowest BCUT2D eigenvalue weighted by Crippen LogP contribution is -2.16. The summed E-state index contributed by atoms with van der Waals surface area (Å²) in [5.41, 5.74) is 5.90. The Bertz CT molecular complexity index is 675. The zero-order valence-corrected chi connectivity index (χ0v) is 10.0. The van der Waals surface area contributed by atoms with E-state index in [-0.39, 0.29) is 5.41 Å². The summed E-state index contributed by atoms with van der Waals surface area (Å²) in [4.78, 5) is 0. The average Bonchev–Trinajstić information content (AvgIpc) is 2.87. The zero-order chi connectivity index (χ0) is 11.9. The lowest BCUT2D eigenvalue weighted by atomic mass is 9.91. The van der Waals surface area contributed by atoms with Crippen LogP contribution in [0.2, 0.25) is 0 Å². The van der Waals surface area contributed by atoms with Crippen LogP contribution >= 0.6 is 0 Å². The molecule has 2 aromatic carbocycles. The quantitative estimate of drug-likeness (QED) is 0.804. The van der Waals surface area contributed by atoms with Crippen molar-refractivity contribution in [2.45, 2.75) is 17.3 Å². The van der Waals surface area contributed by atoms with E-state index in [9.17, 15) is 5.11 Å². The summed E-state index contributed by atoms with van der Waals surface area (Å²) >= 11 is 0. The number of benzene rings is 2. The number of hydrogen-bond donors (Lipinski definition) is 1. The lowest BCUT2D eigenvalue weighted by molar-refractivity contribution is 0.245. The van der Waals surface area contributed by atoms with Gasteiger partial charge in [0.1, 0.15) is 0 Å². The number of rotatable bonds is 1. The van der Waals surface area contributed by atoms with Crippen LogP contribution < -0.4 is 0 Å². The van der Waals surface area contributed by atoms with Gasteiger partial charge in [0.15, 0.2) is 0 Å². The van der Waals surface area contributed by atoms with Crippen molar-refractivity contribution < 1.29 is 5.11 Å². The monoisotopic (exact) mass is 234 g/mol. The Hall–Kier alpha value is -1.60. The average molecular weight is 234 g/mol. The number of hydrogen-bond acceptors (Lipinski definition) is 1. The van der Waals surface area contributed by atoms with Crippen LogP contribution in [0.25, 0.3) is 0 Å². The van der Waals surface area contributed by atoms with Crippen LogP contribution in [0, 0.1) is 5.92 Å². The third-order valence-corrected chi connectivity index (χ3v) is 5.48. The highest BCUT2D eigenvalue weighted by Gasteiger charge is 2.76. The van der Waals surface area contributed by atoms with E-state index in [0.717, 1.165) is 0 Å². The predicted octanol–water partition coefficient (Wildman–Crippen LogP) is 2.79. The molecule has 1 fully saturated rings. The molecule has 0 spiro atoms. The maximum absolute atomic E-state index is 9.96. The van der Waals surface area contributed by atoms with Crippen LogP contribution in [0.4, 0.5) is 0 Å². The number of aliphatic hydroxyl groups excluding tert-OH is 1. The Morgan fingerprint density at radius 2 is 1.56 bits per heavy atom. The number of fused-ring (bicyclic) bond motifs is 7. The Labute approximate surface area is 106 Å². The first-order valence-electron chi connectivity index (χ1n) is 6.68. The summed E-state index contributed by atoms with van der Waals surface area (Å²) < 4.78 is 0. The maximum Gasteiger partial charge on any atom is 0.0537 e. The molecular weight excluding hydrogens is 220 g/mol. The summed E-state index contributed by atoms with van der Waals surface area (Å²) in [5.74, 6) is 1.73. The van der Waals surface area contributed by atoms with Gasteiger partial charge in [0, 0.05) is 17.3 Å². The molecule has 88 valence electrons. The molecule has 1 saturated carbocycles. The summed E-state index contributed by atoms with van der Waals surface area (Å²) in [6.45, 7) is 0.296. The smallest absolute Gasteiger partial charge is 0.0537 e. The van der Waals surface area contributed by atoms with E-state index >= 15 is 0 Å². The molecule has 3 aliphatic rings. The third kappa shape index (κ3) is 0.733. The van der Waals surface area contributed by atoms with Gasteiger partial charge in [-0.3, -0.25) is 0 Å². The highest BCUT2D eigenvalue weighted by Crippen LogP contribution is 2.80. The first kappa shape index (κ1) is 9.35. The Morgan fingerprint density at radius 1 is 0.889 bits per heavy atom. The first-order valence-corrected chi connectivity index (χ1v) is 6.68. The molecule has 1 heteroatoms. The van der Waals surface area contributed by atoms with Crippen molar-refractivity contribution in [3.8, 4) is 0 Å². The molecule has 0 aromatic heterocycles. The standard InChI is InChI=1S/C17H14O/c18-9-17-13-8-4-3-7-12(13)14-10-5-1-2-6-11(10)15(17)16(14)17/h1-8,14-16,18H,9H2/t14-,15+,16-,17-/m0/s1. The Balaban J connectivity index is 1.86. The van der Waals surface area contributed by atoms with Gasteiger partial charge in [0.2, 0.25) is 0 Å². The molecule has 18 heavy (non-hydrogen) atoms. The molecule has 0 bridgehead atoms. The highest BCUT2D eigenvalue weighted by molar-refractivity contribution is 5.67. The molecular formula is C17H14O. The molecule has 3 aliphatic carbocycles. The molecule has 0 heterocycles. The Morgan fingerprint density at radius 3 is 2.33 bits per heavy atom. The second-order valence-corrected chi connectivity index (χ2v) is 5.90. The van der Waals surface area contributed by atoms with E-state index in [2.05, 4.69) is 48.5 Å². The van der Waals surface area contributed by atoms with Gasteiger partial charge in [-0.15, -0.1) is 0 Å².